The summed E-state index contributed by atoms with van der Waals surface area (Å²) in [5.41, 5.74) is 7.32. The number of fused-ring (bicyclic) bond motifs is 5. The summed E-state index contributed by atoms with van der Waals surface area (Å²) in [5, 5.41) is 1.28. The van der Waals surface area contributed by atoms with Gasteiger partial charge in [0, 0.05) is 40.7 Å². The van der Waals surface area contributed by atoms with Crippen LogP contribution in [0, 0.1) is 5.92 Å². The molecule has 1 atom stereocenters. The van der Waals surface area contributed by atoms with Gasteiger partial charge in [0.25, 0.3) is 5.91 Å². The second-order valence-corrected chi connectivity index (χ2v) is 11.5. The maximum atomic E-state index is 13.2. The number of nitrogens with one attached hydrogen (secondary N) is 1. The number of carbonyl (C=O) groups excluding carboxylic acids is 1. The monoisotopic (exact) mass is 493 g/mol. The van der Waals surface area contributed by atoms with E-state index in [1.807, 2.05) is 24.5 Å². The minimum absolute atomic E-state index is 0.0802. The van der Waals surface area contributed by atoms with E-state index in [0.717, 1.165) is 24.9 Å². The van der Waals surface area contributed by atoms with E-state index in [1.54, 1.807) is 0 Å². The minimum atomic E-state index is -0.265. The summed E-state index contributed by atoms with van der Waals surface area (Å²) < 4.78 is 20.4. The van der Waals surface area contributed by atoms with Crippen molar-refractivity contribution in [2.24, 2.45) is 5.92 Å². The van der Waals surface area contributed by atoms with Crippen molar-refractivity contribution in [1.29, 1.82) is 0 Å². The van der Waals surface area contributed by atoms with Crippen molar-refractivity contribution >= 4 is 28.9 Å². The third-order valence-electron chi connectivity index (χ3n) is 7.67. The summed E-state index contributed by atoms with van der Waals surface area (Å²) in [4.78, 5) is 12.9. The Kier molecular flexibility index (Phi) is 7.49. The maximum absolute atomic E-state index is 13.2. The fourth-order valence-electron chi connectivity index (χ4n) is 6.12. The van der Waals surface area contributed by atoms with Crippen molar-refractivity contribution in [3.8, 4) is 11.3 Å². The van der Waals surface area contributed by atoms with E-state index in [2.05, 4.69) is 45.7 Å². The van der Waals surface area contributed by atoms with Crippen LogP contribution < -0.4 is 4.72 Å². The van der Waals surface area contributed by atoms with Crippen LogP contribution in [0.2, 0.25) is 0 Å². The quantitative estimate of drug-likeness (QED) is 0.356. The van der Waals surface area contributed by atoms with Crippen LogP contribution in [0.3, 0.4) is 0 Å². The highest BCUT2D eigenvalue weighted by Gasteiger charge is 2.31. The molecule has 1 saturated carbocycles. The third kappa shape index (κ3) is 5.01. The predicted molar refractivity (Wildman–Crippen MR) is 144 cm³/mol. The Morgan fingerprint density at radius 1 is 1.14 bits per heavy atom. The zero-order valence-electron chi connectivity index (χ0n) is 20.9. The first kappa shape index (κ1) is 24.4. The molecule has 35 heavy (non-hydrogen) atoms. The number of amides is 1. The Bertz CT molecular complexity index is 1200. The fraction of sp³-hybridized carbons (Fsp3) is 0.483. The second kappa shape index (κ2) is 10.8. The molecule has 2 aromatic carbocycles. The highest BCUT2D eigenvalue weighted by atomic mass is 32.2. The van der Waals surface area contributed by atoms with Gasteiger partial charge in [0.2, 0.25) is 0 Å². The van der Waals surface area contributed by atoms with Gasteiger partial charge in [-0.2, -0.15) is 0 Å². The average molecular weight is 494 g/mol. The molecule has 1 fully saturated rings. The van der Waals surface area contributed by atoms with Crippen LogP contribution in [0.25, 0.3) is 22.2 Å². The molecule has 2 aliphatic rings. The predicted octanol–water partition coefficient (Wildman–Crippen LogP) is 7.13. The zero-order valence-corrected chi connectivity index (χ0v) is 21.7. The molecule has 1 aliphatic heterocycles. The van der Waals surface area contributed by atoms with Gasteiger partial charge in [-0.1, -0.05) is 49.6 Å². The molecule has 0 radical (unpaired) electrons. The number of hydrogen-bond acceptors (Lipinski definition) is 3. The van der Waals surface area contributed by atoms with Gasteiger partial charge in [-0.15, -0.1) is 0 Å². The highest BCUT2D eigenvalue weighted by Crippen LogP contribution is 2.47. The lowest BCUT2D eigenvalue weighted by molar-refractivity contribution is 0.0983. The van der Waals surface area contributed by atoms with E-state index in [9.17, 15) is 9.18 Å². The van der Waals surface area contributed by atoms with Gasteiger partial charge in [0.1, 0.15) is 0 Å². The van der Waals surface area contributed by atoms with Gasteiger partial charge < -0.3 is 4.57 Å². The normalized spacial score (nSPS) is 18.3. The third-order valence-corrected chi connectivity index (χ3v) is 8.31. The van der Waals surface area contributed by atoms with Crippen molar-refractivity contribution in [2.45, 2.75) is 63.8 Å². The molecule has 1 N–H and O–H groups in total. The molecule has 0 saturated heterocycles. The molecule has 1 unspecified atom stereocenters. The number of halogens is 1. The van der Waals surface area contributed by atoms with Crippen LogP contribution in [-0.2, 0) is 13.0 Å². The molecular formula is C29H36FN3OS. The Morgan fingerprint density at radius 3 is 2.71 bits per heavy atom. The summed E-state index contributed by atoms with van der Waals surface area (Å²) in [6.07, 6.45) is 8.78. The highest BCUT2D eigenvalue weighted by molar-refractivity contribution is 7.95. The summed E-state index contributed by atoms with van der Waals surface area (Å²) in [7, 11) is 3.82. The lowest BCUT2D eigenvalue weighted by Crippen LogP contribution is -2.20. The first-order chi connectivity index (χ1) is 17.1. The zero-order chi connectivity index (χ0) is 24.4. The Hall–Kier alpha value is -2.31. The Balaban J connectivity index is 1.69. The molecule has 0 bridgehead atoms. The van der Waals surface area contributed by atoms with Crippen LogP contribution in [-0.4, -0.2) is 35.5 Å². The smallest absolute Gasteiger partial charge is 0.262 e. The molecule has 3 aromatic rings. The Labute approximate surface area is 212 Å². The lowest BCUT2D eigenvalue weighted by Gasteiger charge is -2.24. The molecule has 5 rings (SSSR count). The SMILES string of the molecule is CN(C)SNC(=O)c1ccc2c(C3CCCCC3)c3n(c2c1)CC(CCCF)Cc1ccccc1-3. The van der Waals surface area contributed by atoms with E-state index in [-0.39, 0.29) is 12.6 Å². The van der Waals surface area contributed by atoms with Crippen molar-refractivity contribution in [3.63, 3.8) is 0 Å². The molecule has 186 valence electrons. The van der Waals surface area contributed by atoms with Crippen LogP contribution in [0.1, 0.15) is 72.3 Å². The number of aromatic nitrogens is 1. The topological polar surface area (TPSA) is 37.3 Å². The lowest BCUT2D eigenvalue weighted by atomic mass is 9.81. The summed E-state index contributed by atoms with van der Waals surface area (Å²) in [6, 6.07) is 15.0. The number of carbonyl (C=O) groups is 1. The first-order valence-electron chi connectivity index (χ1n) is 13.0. The molecule has 0 spiro atoms. The maximum Gasteiger partial charge on any atom is 0.262 e. The van der Waals surface area contributed by atoms with Gasteiger partial charge in [-0.05, 0) is 81.3 Å². The van der Waals surface area contributed by atoms with E-state index >= 15 is 0 Å². The van der Waals surface area contributed by atoms with Crippen molar-refractivity contribution in [2.75, 3.05) is 20.8 Å². The molecule has 1 aromatic heterocycles. The van der Waals surface area contributed by atoms with E-state index < -0.39 is 0 Å². The van der Waals surface area contributed by atoms with Crippen LogP contribution in [0.5, 0.6) is 0 Å². The molecule has 1 amide bonds. The first-order valence-corrected chi connectivity index (χ1v) is 13.8. The molecule has 1 aliphatic carbocycles. The number of nitrogens with zero attached hydrogens (tertiary/aromatic N) is 2. The molecule has 4 nitrogen and oxygen atoms in total. The van der Waals surface area contributed by atoms with Crippen molar-refractivity contribution < 1.29 is 9.18 Å². The standard InChI is InChI=1S/C29H36FN3OS/c1-32(2)35-31-29(34)23-14-15-25-26(18-23)33-19-20(9-8-16-30)17-22-12-6-7-13-24(22)28(33)27(25)21-10-4-3-5-11-21/h6-7,12-15,18,20-21H,3-5,8-11,16-17,19H2,1-2H3,(H,31,34). The summed E-state index contributed by atoms with van der Waals surface area (Å²) in [5.74, 6) is 0.843. The molecule has 2 heterocycles. The number of benzene rings is 2. The van der Waals surface area contributed by atoms with E-state index in [4.69, 9.17) is 0 Å². The Morgan fingerprint density at radius 2 is 1.94 bits per heavy atom. The number of rotatable bonds is 7. The number of alkyl halides is 1. The second-order valence-electron chi connectivity index (χ2n) is 10.3. The summed E-state index contributed by atoms with van der Waals surface area (Å²) >= 11 is 1.29. The minimum Gasteiger partial charge on any atom is -0.340 e. The number of hydrogen-bond donors (Lipinski definition) is 1. The van der Waals surface area contributed by atoms with Gasteiger partial charge >= 0.3 is 0 Å². The average Bonchev–Trinajstić information content (AvgIpc) is 3.09. The van der Waals surface area contributed by atoms with Gasteiger partial charge in [0.05, 0.1) is 12.4 Å². The van der Waals surface area contributed by atoms with E-state index in [1.165, 1.54) is 72.0 Å². The molecular weight excluding hydrogens is 457 g/mol. The van der Waals surface area contributed by atoms with Crippen molar-refractivity contribution in [3.05, 3.63) is 59.2 Å². The fourth-order valence-corrected chi connectivity index (χ4v) is 6.50. The van der Waals surface area contributed by atoms with Crippen LogP contribution in [0.4, 0.5) is 4.39 Å². The van der Waals surface area contributed by atoms with Gasteiger partial charge in [0.15, 0.2) is 0 Å². The van der Waals surface area contributed by atoms with Crippen LogP contribution >= 0.6 is 12.1 Å². The largest absolute Gasteiger partial charge is 0.340 e. The van der Waals surface area contributed by atoms with Gasteiger partial charge in [-0.3, -0.25) is 13.9 Å². The van der Waals surface area contributed by atoms with E-state index in [0.29, 0.717) is 23.8 Å². The van der Waals surface area contributed by atoms with Crippen molar-refractivity contribution in [1.82, 2.24) is 13.6 Å². The van der Waals surface area contributed by atoms with Gasteiger partial charge in [-0.25, -0.2) is 4.31 Å². The molecule has 6 heteroatoms. The van der Waals surface area contributed by atoms with Crippen LogP contribution in [0.15, 0.2) is 42.5 Å². The summed E-state index contributed by atoms with van der Waals surface area (Å²) in [6.45, 7) is 0.601.